The van der Waals surface area contributed by atoms with Gasteiger partial charge in [-0.05, 0) is 18.9 Å². The van der Waals surface area contributed by atoms with Gasteiger partial charge in [-0.15, -0.1) is 0 Å². The van der Waals surface area contributed by atoms with Crippen molar-refractivity contribution in [3.63, 3.8) is 0 Å². The van der Waals surface area contributed by atoms with Crippen LogP contribution in [0.3, 0.4) is 0 Å². The zero-order valence-corrected chi connectivity index (χ0v) is 18.2. The lowest BCUT2D eigenvalue weighted by molar-refractivity contribution is -0.138. The average Bonchev–Trinajstić information content (AvgIpc) is 2.95. The Morgan fingerprint density at radius 1 is 1.26 bits per heavy atom. The van der Waals surface area contributed by atoms with Gasteiger partial charge in [0.15, 0.2) is 0 Å². The average molecular weight is 423 g/mol. The number of para-hydroxylation sites is 1. The molecule has 2 aliphatic heterocycles. The Bertz CT molecular complexity index is 1210. The summed E-state index contributed by atoms with van der Waals surface area (Å²) < 4.78 is 12.2. The molecule has 8 nitrogen and oxygen atoms in total. The van der Waals surface area contributed by atoms with Crippen LogP contribution < -0.4 is 20.9 Å². The Morgan fingerprint density at radius 3 is 2.58 bits per heavy atom. The maximum atomic E-state index is 14.2. The largest absolute Gasteiger partial charge is 0.465 e. The number of ether oxygens (including phenoxy) is 2. The second-order valence-corrected chi connectivity index (χ2v) is 8.30. The lowest BCUT2D eigenvalue weighted by Gasteiger charge is -2.35. The fraction of sp³-hybridized carbons (Fsp3) is 0.348. The van der Waals surface area contributed by atoms with Gasteiger partial charge in [0.1, 0.15) is 16.7 Å². The zero-order chi connectivity index (χ0) is 22.7. The summed E-state index contributed by atoms with van der Waals surface area (Å²) in [5.74, 6) is -1.17. The fourth-order valence-electron chi connectivity index (χ4n) is 4.54. The zero-order valence-electron chi connectivity index (χ0n) is 18.2. The van der Waals surface area contributed by atoms with E-state index in [-0.39, 0.29) is 28.7 Å². The number of nitrogens with zero attached hydrogens (tertiary/aromatic N) is 2. The first-order valence-corrected chi connectivity index (χ1v) is 10.0. The summed E-state index contributed by atoms with van der Waals surface area (Å²) in [5.41, 5.74) is 5.69. The SMILES string of the molecule is COC(=O)C1=C(N)Oc2cc(C)n(C)c(=O)c2[C@@]12C(=O)N(CC(C)C)c1ccccc12. The van der Waals surface area contributed by atoms with Crippen LogP contribution in [0.2, 0.25) is 0 Å². The Kier molecular flexibility index (Phi) is 4.68. The second kappa shape index (κ2) is 7.01. The van der Waals surface area contributed by atoms with Crippen molar-refractivity contribution in [2.45, 2.75) is 26.2 Å². The topological polar surface area (TPSA) is 104 Å². The Labute approximate surface area is 179 Å². The first-order valence-electron chi connectivity index (χ1n) is 10.0. The molecule has 0 aliphatic carbocycles. The number of benzene rings is 1. The highest BCUT2D eigenvalue weighted by molar-refractivity contribution is 6.18. The molecule has 0 radical (unpaired) electrons. The Balaban J connectivity index is 2.19. The lowest BCUT2D eigenvalue weighted by Crippen LogP contribution is -2.52. The monoisotopic (exact) mass is 423 g/mol. The molecule has 2 N–H and O–H groups in total. The van der Waals surface area contributed by atoms with Crippen LogP contribution >= 0.6 is 0 Å². The molecule has 162 valence electrons. The van der Waals surface area contributed by atoms with Crippen LogP contribution in [0.25, 0.3) is 0 Å². The molecule has 1 atom stereocenters. The van der Waals surface area contributed by atoms with Crippen molar-refractivity contribution >= 4 is 17.6 Å². The smallest absolute Gasteiger partial charge is 0.340 e. The number of methoxy groups -OCH3 is 1. The first-order chi connectivity index (χ1) is 14.7. The van der Waals surface area contributed by atoms with Gasteiger partial charge in [0.05, 0.1) is 12.7 Å². The number of rotatable bonds is 3. The number of hydrogen-bond donors (Lipinski definition) is 1. The molecule has 1 aromatic carbocycles. The molecule has 2 aromatic rings. The number of nitrogens with two attached hydrogens (primary N) is 1. The molecule has 31 heavy (non-hydrogen) atoms. The molecular formula is C23H25N3O5. The molecule has 0 saturated heterocycles. The van der Waals surface area contributed by atoms with Gasteiger partial charge in [0.25, 0.3) is 5.56 Å². The third-order valence-corrected chi connectivity index (χ3v) is 5.95. The van der Waals surface area contributed by atoms with Crippen molar-refractivity contribution in [3.8, 4) is 5.75 Å². The number of anilines is 1. The molecule has 4 rings (SSSR count). The number of aryl methyl sites for hydroxylation is 1. The summed E-state index contributed by atoms with van der Waals surface area (Å²) in [6.45, 7) is 6.15. The van der Waals surface area contributed by atoms with Crippen LogP contribution in [-0.4, -0.2) is 30.1 Å². The van der Waals surface area contributed by atoms with E-state index in [0.29, 0.717) is 23.5 Å². The van der Waals surface area contributed by atoms with Crippen molar-refractivity contribution in [2.24, 2.45) is 18.7 Å². The van der Waals surface area contributed by atoms with Crippen LogP contribution in [-0.2, 0) is 26.8 Å². The number of carbonyl (C=O) groups excluding carboxylic acids is 2. The summed E-state index contributed by atoms with van der Waals surface area (Å²) in [7, 11) is 2.82. The van der Waals surface area contributed by atoms with Crippen molar-refractivity contribution in [3.05, 3.63) is 69.0 Å². The van der Waals surface area contributed by atoms with Crippen LogP contribution in [0.15, 0.2) is 46.6 Å². The van der Waals surface area contributed by atoms with Crippen LogP contribution in [0.5, 0.6) is 5.75 Å². The van der Waals surface area contributed by atoms with E-state index in [9.17, 15) is 14.4 Å². The van der Waals surface area contributed by atoms with Gasteiger partial charge < -0.3 is 24.7 Å². The van der Waals surface area contributed by atoms with Crippen LogP contribution in [0.4, 0.5) is 5.69 Å². The van der Waals surface area contributed by atoms with Gasteiger partial charge in [-0.3, -0.25) is 9.59 Å². The number of hydrogen-bond acceptors (Lipinski definition) is 6. The van der Waals surface area contributed by atoms with Crippen molar-refractivity contribution in [1.29, 1.82) is 0 Å². The molecule has 1 aromatic heterocycles. The summed E-state index contributed by atoms with van der Waals surface area (Å²) in [6, 6.07) is 8.80. The maximum Gasteiger partial charge on any atom is 0.340 e. The first kappa shape index (κ1) is 20.7. The minimum Gasteiger partial charge on any atom is -0.465 e. The minimum atomic E-state index is -1.75. The van der Waals surface area contributed by atoms with Gasteiger partial charge >= 0.3 is 5.97 Å². The van der Waals surface area contributed by atoms with Gasteiger partial charge in [0, 0.05) is 36.6 Å². The molecule has 8 heteroatoms. The Hall–Kier alpha value is -3.55. The van der Waals surface area contributed by atoms with Gasteiger partial charge in [-0.25, -0.2) is 4.79 Å². The summed E-state index contributed by atoms with van der Waals surface area (Å²) in [4.78, 5) is 42.3. The molecule has 2 aliphatic rings. The number of amides is 1. The van der Waals surface area contributed by atoms with E-state index in [1.54, 1.807) is 37.1 Å². The number of carbonyl (C=O) groups is 2. The number of fused-ring (bicyclic) bond motifs is 4. The molecule has 0 fully saturated rings. The molecular weight excluding hydrogens is 398 g/mol. The third kappa shape index (κ3) is 2.64. The lowest BCUT2D eigenvalue weighted by atomic mass is 9.68. The summed E-state index contributed by atoms with van der Waals surface area (Å²) in [5, 5.41) is 0. The van der Waals surface area contributed by atoms with Crippen molar-refractivity contribution in [1.82, 2.24) is 4.57 Å². The number of aromatic nitrogens is 1. The van der Waals surface area contributed by atoms with Crippen molar-refractivity contribution in [2.75, 3.05) is 18.6 Å². The van der Waals surface area contributed by atoms with E-state index in [4.69, 9.17) is 15.2 Å². The van der Waals surface area contributed by atoms with Gasteiger partial charge in [-0.1, -0.05) is 32.0 Å². The third-order valence-electron chi connectivity index (χ3n) is 5.95. The standard InChI is InChI=1S/C23H25N3O5/c1-12(2)11-26-15-9-7-6-8-14(15)23(22(26)29)17-16(10-13(3)25(4)20(17)27)31-19(24)18(23)21(28)30-5/h6-10,12H,11,24H2,1-5H3/t23-/m1/s1. The minimum absolute atomic E-state index is 0.0684. The number of esters is 1. The van der Waals surface area contributed by atoms with E-state index >= 15 is 0 Å². The highest BCUT2D eigenvalue weighted by Gasteiger charge is 2.62. The van der Waals surface area contributed by atoms with E-state index in [1.807, 2.05) is 26.0 Å². The van der Waals surface area contributed by atoms with Gasteiger partial charge in [-0.2, -0.15) is 0 Å². The molecule has 0 bridgehead atoms. The number of pyridine rings is 1. The fourth-order valence-corrected chi connectivity index (χ4v) is 4.54. The van der Waals surface area contributed by atoms with Gasteiger partial charge in [0.2, 0.25) is 11.8 Å². The van der Waals surface area contributed by atoms with E-state index in [2.05, 4.69) is 0 Å². The maximum absolute atomic E-state index is 14.2. The predicted octanol–water partition coefficient (Wildman–Crippen LogP) is 1.72. The predicted molar refractivity (Wildman–Crippen MR) is 115 cm³/mol. The van der Waals surface area contributed by atoms with Crippen LogP contribution in [0, 0.1) is 12.8 Å². The quantitative estimate of drug-likeness (QED) is 0.754. The normalized spacial score (nSPS) is 19.5. The highest BCUT2D eigenvalue weighted by atomic mass is 16.5. The van der Waals surface area contributed by atoms with Crippen molar-refractivity contribution < 1.29 is 19.1 Å². The van der Waals surface area contributed by atoms with Crippen LogP contribution in [0.1, 0.15) is 30.7 Å². The van der Waals surface area contributed by atoms with E-state index < -0.39 is 22.9 Å². The molecule has 1 spiro atoms. The second-order valence-electron chi connectivity index (χ2n) is 8.30. The molecule has 1 amide bonds. The Morgan fingerprint density at radius 2 is 1.94 bits per heavy atom. The molecule has 0 saturated carbocycles. The summed E-state index contributed by atoms with van der Waals surface area (Å²) >= 11 is 0. The summed E-state index contributed by atoms with van der Waals surface area (Å²) in [6.07, 6.45) is 0. The molecule has 0 unspecified atom stereocenters. The molecule has 3 heterocycles. The van der Waals surface area contributed by atoms with E-state index in [1.165, 1.54) is 11.7 Å². The van der Waals surface area contributed by atoms with E-state index in [0.717, 1.165) is 0 Å². The highest BCUT2D eigenvalue weighted by Crippen LogP contribution is 2.54.